The van der Waals surface area contributed by atoms with E-state index in [0.717, 1.165) is 5.56 Å². The fourth-order valence-electron chi connectivity index (χ4n) is 1.96. The van der Waals surface area contributed by atoms with Gasteiger partial charge < -0.3 is 10.1 Å². The van der Waals surface area contributed by atoms with Gasteiger partial charge in [-0.2, -0.15) is 0 Å². The molecule has 0 aromatic heterocycles. The van der Waals surface area contributed by atoms with Crippen molar-refractivity contribution in [1.82, 2.24) is 5.32 Å². The molecular weight excluding hydrogens is 266 g/mol. The Morgan fingerprint density at radius 1 is 1.10 bits per heavy atom. The molecule has 1 amide bonds. The van der Waals surface area contributed by atoms with E-state index < -0.39 is 6.09 Å². The SMILES string of the molecule is CC(C)NC(=O)Oc1c(C=O)cccc1-c1ccccc1. The first-order chi connectivity index (χ1) is 10.1. The van der Waals surface area contributed by atoms with Gasteiger partial charge in [-0.1, -0.05) is 42.5 Å². The Morgan fingerprint density at radius 2 is 1.81 bits per heavy atom. The van der Waals surface area contributed by atoms with Gasteiger partial charge in [-0.05, 0) is 25.5 Å². The third-order valence-electron chi connectivity index (χ3n) is 2.86. The highest BCUT2D eigenvalue weighted by molar-refractivity contribution is 5.88. The molecule has 0 saturated heterocycles. The van der Waals surface area contributed by atoms with Gasteiger partial charge in [0.1, 0.15) is 0 Å². The van der Waals surface area contributed by atoms with Crippen molar-refractivity contribution in [2.24, 2.45) is 0 Å². The van der Waals surface area contributed by atoms with Gasteiger partial charge in [0.25, 0.3) is 0 Å². The minimum Gasteiger partial charge on any atom is -0.409 e. The van der Waals surface area contributed by atoms with E-state index in [-0.39, 0.29) is 11.8 Å². The Kier molecular flexibility index (Phi) is 4.72. The zero-order valence-corrected chi connectivity index (χ0v) is 12.0. The Balaban J connectivity index is 2.42. The van der Waals surface area contributed by atoms with Crippen LogP contribution in [0.1, 0.15) is 24.2 Å². The molecular formula is C17H17NO3. The van der Waals surface area contributed by atoms with E-state index >= 15 is 0 Å². The number of hydrogen-bond acceptors (Lipinski definition) is 3. The lowest BCUT2D eigenvalue weighted by molar-refractivity contribution is 0.112. The third-order valence-corrected chi connectivity index (χ3v) is 2.86. The van der Waals surface area contributed by atoms with Gasteiger partial charge in [0.15, 0.2) is 12.0 Å². The smallest absolute Gasteiger partial charge is 0.409 e. The summed E-state index contributed by atoms with van der Waals surface area (Å²) in [6, 6.07) is 14.6. The molecule has 2 aromatic carbocycles. The third kappa shape index (κ3) is 3.69. The monoisotopic (exact) mass is 283 g/mol. The Labute approximate surface area is 123 Å². The number of hydrogen-bond donors (Lipinski definition) is 1. The highest BCUT2D eigenvalue weighted by Gasteiger charge is 2.15. The van der Waals surface area contributed by atoms with Gasteiger partial charge in [-0.15, -0.1) is 0 Å². The molecule has 0 fully saturated rings. The van der Waals surface area contributed by atoms with E-state index in [9.17, 15) is 9.59 Å². The number of aldehydes is 1. The summed E-state index contributed by atoms with van der Waals surface area (Å²) in [5.41, 5.74) is 1.93. The number of amides is 1. The summed E-state index contributed by atoms with van der Waals surface area (Å²) in [7, 11) is 0. The van der Waals surface area contributed by atoms with Crippen molar-refractivity contribution < 1.29 is 14.3 Å². The second-order valence-corrected chi connectivity index (χ2v) is 4.90. The van der Waals surface area contributed by atoms with Crippen molar-refractivity contribution >= 4 is 12.4 Å². The molecule has 2 rings (SSSR count). The Hall–Kier alpha value is -2.62. The molecule has 108 valence electrons. The predicted molar refractivity (Wildman–Crippen MR) is 81.6 cm³/mol. The lowest BCUT2D eigenvalue weighted by Crippen LogP contribution is -2.33. The van der Waals surface area contributed by atoms with Crippen LogP contribution in [0, 0.1) is 0 Å². The summed E-state index contributed by atoms with van der Waals surface area (Å²) >= 11 is 0. The average Bonchev–Trinajstić information content (AvgIpc) is 2.47. The Bertz CT molecular complexity index is 636. The van der Waals surface area contributed by atoms with Gasteiger partial charge in [0.2, 0.25) is 0 Å². The topological polar surface area (TPSA) is 55.4 Å². The molecule has 0 heterocycles. The van der Waals surface area contributed by atoms with Crippen LogP contribution in [-0.2, 0) is 0 Å². The van der Waals surface area contributed by atoms with Crippen LogP contribution in [0.25, 0.3) is 11.1 Å². The molecule has 4 nitrogen and oxygen atoms in total. The number of para-hydroxylation sites is 1. The van der Waals surface area contributed by atoms with Gasteiger partial charge in [0, 0.05) is 11.6 Å². The van der Waals surface area contributed by atoms with E-state index in [1.165, 1.54) is 0 Å². The van der Waals surface area contributed by atoms with Crippen molar-refractivity contribution in [1.29, 1.82) is 0 Å². The van der Waals surface area contributed by atoms with E-state index in [1.54, 1.807) is 12.1 Å². The maximum Gasteiger partial charge on any atom is 0.412 e. The molecule has 0 aliphatic rings. The molecule has 2 aromatic rings. The van der Waals surface area contributed by atoms with Crippen molar-refractivity contribution in [3.05, 3.63) is 54.1 Å². The number of carbonyl (C=O) groups excluding carboxylic acids is 2. The molecule has 21 heavy (non-hydrogen) atoms. The zero-order valence-electron chi connectivity index (χ0n) is 12.0. The number of ether oxygens (including phenoxy) is 1. The highest BCUT2D eigenvalue weighted by atomic mass is 16.6. The number of rotatable bonds is 4. The largest absolute Gasteiger partial charge is 0.412 e. The molecule has 1 N–H and O–H groups in total. The van der Waals surface area contributed by atoms with Crippen molar-refractivity contribution in [2.45, 2.75) is 19.9 Å². The van der Waals surface area contributed by atoms with Gasteiger partial charge >= 0.3 is 6.09 Å². The maximum absolute atomic E-state index is 11.8. The summed E-state index contributed by atoms with van der Waals surface area (Å²) < 4.78 is 5.35. The minimum atomic E-state index is -0.573. The number of benzene rings is 2. The molecule has 0 radical (unpaired) electrons. The fraction of sp³-hybridized carbons (Fsp3) is 0.176. The normalized spacial score (nSPS) is 10.2. The lowest BCUT2D eigenvalue weighted by Gasteiger charge is -2.14. The first-order valence-corrected chi connectivity index (χ1v) is 6.73. The van der Waals surface area contributed by atoms with Gasteiger partial charge in [-0.3, -0.25) is 4.79 Å². The van der Waals surface area contributed by atoms with Crippen LogP contribution in [-0.4, -0.2) is 18.4 Å². The molecule has 0 aliphatic heterocycles. The van der Waals surface area contributed by atoms with E-state index in [0.29, 0.717) is 17.4 Å². The van der Waals surface area contributed by atoms with E-state index in [1.807, 2.05) is 50.2 Å². The van der Waals surface area contributed by atoms with Crippen LogP contribution in [0.4, 0.5) is 4.79 Å². The van der Waals surface area contributed by atoms with Crippen molar-refractivity contribution in [3.63, 3.8) is 0 Å². The van der Waals surface area contributed by atoms with Crippen LogP contribution >= 0.6 is 0 Å². The highest BCUT2D eigenvalue weighted by Crippen LogP contribution is 2.32. The second-order valence-electron chi connectivity index (χ2n) is 4.90. The summed E-state index contributed by atoms with van der Waals surface area (Å²) in [6.45, 7) is 3.68. The van der Waals surface area contributed by atoms with Gasteiger partial charge in [0.05, 0.1) is 5.56 Å². The molecule has 0 bridgehead atoms. The molecule has 0 atom stereocenters. The van der Waals surface area contributed by atoms with Crippen LogP contribution in [0.15, 0.2) is 48.5 Å². The summed E-state index contributed by atoms with van der Waals surface area (Å²) in [4.78, 5) is 23.0. The van der Waals surface area contributed by atoms with E-state index in [4.69, 9.17) is 4.74 Å². The van der Waals surface area contributed by atoms with E-state index in [2.05, 4.69) is 5.32 Å². The molecule has 0 saturated carbocycles. The van der Waals surface area contributed by atoms with Crippen molar-refractivity contribution in [3.8, 4) is 16.9 Å². The minimum absolute atomic E-state index is 0.0407. The summed E-state index contributed by atoms with van der Waals surface area (Å²) in [5, 5.41) is 2.64. The fourth-order valence-corrected chi connectivity index (χ4v) is 1.96. The van der Waals surface area contributed by atoms with Crippen LogP contribution in [0.3, 0.4) is 0 Å². The van der Waals surface area contributed by atoms with Crippen LogP contribution < -0.4 is 10.1 Å². The Morgan fingerprint density at radius 3 is 2.43 bits per heavy atom. The zero-order chi connectivity index (χ0) is 15.2. The molecule has 0 aliphatic carbocycles. The standard InChI is InChI=1S/C17H17NO3/c1-12(2)18-17(20)21-16-14(11-19)9-6-10-15(16)13-7-4-3-5-8-13/h3-12H,1-2H3,(H,18,20). The van der Waals surface area contributed by atoms with Crippen LogP contribution in [0.2, 0.25) is 0 Å². The molecule has 4 heteroatoms. The lowest BCUT2D eigenvalue weighted by atomic mass is 10.0. The predicted octanol–water partition coefficient (Wildman–Crippen LogP) is 3.66. The van der Waals surface area contributed by atoms with Gasteiger partial charge in [-0.25, -0.2) is 4.79 Å². The number of nitrogens with one attached hydrogen (secondary N) is 1. The molecule has 0 unspecified atom stereocenters. The summed E-state index contributed by atoms with van der Waals surface area (Å²) in [5.74, 6) is 0.275. The maximum atomic E-state index is 11.8. The molecule has 0 spiro atoms. The first-order valence-electron chi connectivity index (χ1n) is 6.73. The summed E-state index contributed by atoms with van der Waals surface area (Å²) in [6.07, 6.45) is 0.112. The number of carbonyl (C=O) groups is 2. The second kappa shape index (κ2) is 6.70. The first kappa shape index (κ1) is 14.8. The van der Waals surface area contributed by atoms with Crippen LogP contribution in [0.5, 0.6) is 5.75 Å². The average molecular weight is 283 g/mol. The quantitative estimate of drug-likeness (QED) is 0.871. The van der Waals surface area contributed by atoms with Crippen molar-refractivity contribution in [2.75, 3.05) is 0 Å².